The van der Waals surface area contributed by atoms with Crippen LogP contribution in [0.3, 0.4) is 0 Å². The second-order valence-corrected chi connectivity index (χ2v) is 4.63. The maximum absolute atomic E-state index is 5.97. The van der Waals surface area contributed by atoms with Crippen LogP contribution in [-0.2, 0) is 0 Å². The van der Waals surface area contributed by atoms with Crippen LogP contribution in [-0.4, -0.2) is 16.0 Å². The van der Waals surface area contributed by atoms with Gasteiger partial charge in [-0.2, -0.15) is 0 Å². The molecule has 0 spiro atoms. The van der Waals surface area contributed by atoms with E-state index >= 15 is 0 Å². The zero-order valence-electron chi connectivity index (χ0n) is 10.4. The second-order valence-electron chi connectivity index (χ2n) is 4.25. The van der Waals surface area contributed by atoms with Gasteiger partial charge in [-0.05, 0) is 12.8 Å². The van der Waals surface area contributed by atoms with E-state index in [9.17, 15) is 0 Å². The summed E-state index contributed by atoms with van der Waals surface area (Å²) >= 11 is 5.97. The van der Waals surface area contributed by atoms with E-state index in [1.54, 1.807) is 6.07 Å². The van der Waals surface area contributed by atoms with Crippen LogP contribution >= 0.6 is 11.6 Å². The summed E-state index contributed by atoms with van der Waals surface area (Å²) in [6.07, 6.45) is 2.16. The molecular formula is C12H20ClN3. The van der Waals surface area contributed by atoms with Crippen LogP contribution in [0.2, 0.25) is 5.15 Å². The third kappa shape index (κ3) is 3.63. The molecule has 0 atom stereocenters. The van der Waals surface area contributed by atoms with Crippen molar-refractivity contribution in [3.05, 3.63) is 17.0 Å². The van der Waals surface area contributed by atoms with Crippen LogP contribution in [0.15, 0.2) is 6.07 Å². The van der Waals surface area contributed by atoms with Crippen LogP contribution in [0.4, 0.5) is 5.82 Å². The van der Waals surface area contributed by atoms with Crippen molar-refractivity contribution >= 4 is 17.4 Å². The van der Waals surface area contributed by atoms with Crippen LogP contribution in [0.1, 0.15) is 52.3 Å². The molecular weight excluding hydrogens is 222 g/mol. The van der Waals surface area contributed by atoms with Gasteiger partial charge >= 0.3 is 0 Å². The van der Waals surface area contributed by atoms with Crippen LogP contribution in [0.25, 0.3) is 0 Å². The largest absolute Gasteiger partial charge is 0.367 e. The predicted molar refractivity (Wildman–Crippen MR) is 69.1 cm³/mol. The summed E-state index contributed by atoms with van der Waals surface area (Å²) in [5.41, 5.74) is 0. The summed E-state index contributed by atoms with van der Waals surface area (Å²) < 4.78 is 0. The molecule has 1 N–H and O–H groups in total. The third-order valence-corrected chi connectivity index (χ3v) is 2.76. The summed E-state index contributed by atoms with van der Waals surface area (Å²) in [5.74, 6) is 1.92. The van der Waals surface area contributed by atoms with Crippen molar-refractivity contribution in [3.8, 4) is 0 Å². The maximum Gasteiger partial charge on any atom is 0.135 e. The Bertz CT molecular complexity index is 335. The minimum absolute atomic E-state index is 0.293. The van der Waals surface area contributed by atoms with E-state index in [1.807, 2.05) is 0 Å². The highest BCUT2D eigenvalue weighted by Gasteiger charge is 2.09. The Labute approximate surface area is 103 Å². The molecule has 0 saturated heterocycles. The maximum atomic E-state index is 5.97. The average Bonchev–Trinajstić information content (AvgIpc) is 2.25. The van der Waals surface area contributed by atoms with Crippen molar-refractivity contribution in [3.63, 3.8) is 0 Å². The van der Waals surface area contributed by atoms with Gasteiger partial charge in [0, 0.05) is 18.0 Å². The second kappa shape index (κ2) is 6.04. The number of halogens is 1. The topological polar surface area (TPSA) is 37.8 Å². The number of hydrogen-bond acceptors (Lipinski definition) is 3. The zero-order valence-corrected chi connectivity index (χ0v) is 11.2. The van der Waals surface area contributed by atoms with Gasteiger partial charge in [0.25, 0.3) is 0 Å². The quantitative estimate of drug-likeness (QED) is 0.796. The van der Waals surface area contributed by atoms with Crippen molar-refractivity contribution in [2.24, 2.45) is 0 Å². The van der Waals surface area contributed by atoms with Gasteiger partial charge < -0.3 is 5.32 Å². The van der Waals surface area contributed by atoms with Crippen LogP contribution < -0.4 is 5.32 Å². The minimum atomic E-state index is 0.293. The molecule has 0 aliphatic carbocycles. The smallest absolute Gasteiger partial charge is 0.135 e. The zero-order chi connectivity index (χ0) is 12.1. The summed E-state index contributed by atoms with van der Waals surface area (Å²) in [6.45, 7) is 8.44. The summed E-state index contributed by atoms with van der Waals surface area (Å²) in [6, 6.07) is 2.23. The van der Waals surface area contributed by atoms with Gasteiger partial charge in [0.1, 0.15) is 16.8 Å². The molecule has 4 heteroatoms. The van der Waals surface area contributed by atoms with E-state index in [2.05, 4.69) is 43.0 Å². The third-order valence-electron chi connectivity index (χ3n) is 2.57. The number of aromatic nitrogens is 2. The number of nitrogens with zero attached hydrogens (tertiary/aromatic N) is 2. The number of nitrogens with one attached hydrogen (secondary N) is 1. The van der Waals surface area contributed by atoms with Gasteiger partial charge in [-0.3, -0.25) is 0 Å². The van der Waals surface area contributed by atoms with Crippen molar-refractivity contribution in [2.75, 3.05) is 5.32 Å². The lowest BCUT2D eigenvalue weighted by Gasteiger charge is -2.16. The fraction of sp³-hybridized carbons (Fsp3) is 0.667. The standard InChI is InChI=1S/C12H20ClN3/c1-5-9(6-2)14-11-7-10(13)15-12(16-11)8(3)4/h7-9H,5-6H2,1-4H3,(H,14,15,16). The normalized spacial score (nSPS) is 11.2. The lowest BCUT2D eigenvalue weighted by atomic mass is 10.2. The molecule has 0 bridgehead atoms. The Morgan fingerprint density at radius 1 is 1.25 bits per heavy atom. The Balaban J connectivity index is 2.87. The SMILES string of the molecule is CCC(CC)Nc1cc(Cl)nc(C(C)C)n1. The molecule has 0 amide bonds. The van der Waals surface area contributed by atoms with E-state index < -0.39 is 0 Å². The Morgan fingerprint density at radius 3 is 2.38 bits per heavy atom. The van der Waals surface area contributed by atoms with E-state index in [0.717, 1.165) is 24.5 Å². The molecule has 0 aliphatic rings. The molecule has 0 aromatic carbocycles. The van der Waals surface area contributed by atoms with Crippen molar-refractivity contribution in [1.29, 1.82) is 0 Å². The molecule has 1 heterocycles. The van der Waals surface area contributed by atoms with Gasteiger partial charge in [0.05, 0.1) is 0 Å². The van der Waals surface area contributed by atoms with E-state index in [1.165, 1.54) is 0 Å². The fourth-order valence-electron chi connectivity index (χ4n) is 1.47. The van der Waals surface area contributed by atoms with E-state index in [-0.39, 0.29) is 0 Å². The summed E-state index contributed by atoms with van der Waals surface area (Å²) in [4.78, 5) is 8.67. The highest BCUT2D eigenvalue weighted by molar-refractivity contribution is 6.29. The van der Waals surface area contributed by atoms with E-state index in [0.29, 0.717) is 17.1 Å². The molecule has 0 aliphatic heterocycles. The minimum Gasteiger partial charge on any atom is -0.367 e. The first kappa shape index (κ1) is 13.2. The molecule has 0 fully saturated rings. The highest BCUT2D eigenvalue weighted by Crippen LogP contribution is 2.18. The molecule has 3 nitrogen and oxygen atoms in total. The molecule has 90 valence electrons. The first-order valence-corrected chi connectivity index (χ1v) is 6.25. The number of rotatable bonds is 5. The van der Waals surface area contributed by atoms with Gasteiger partial charge in [-0.1, -0.05) is 39.3 Å². The Morgan fingerprint density at radius 2 is 1.88 bits per heavy atom. The molecule has 0 saturated carbocycles. The van der Waals surface area contributed by atoms with Crippen LogP contribution in [0.5, 0.6) is 0 Å². The number of anilines is 1. The summed E-state index contributed by atoms with van der Waals surface area (Å²) in [5, 5.41) is 3.89. The molecule has 1 aromatic rings. The predicted octanol–water partition coefficient (Wildman–Crippen LogP) is 3.85. The van der Waals surface area contributed by atoms with Gasteiger partial charge in [-0.15, -0.1) is 0 Å². The monoisotopic (exact) mass is 241 g/mol. The first-order chi connectivity index (χ1) is 7.56. The molecule has 1 rings (SSSR count). The Kier molecular flexibility index (Phi) is 5.00. The lowest BCUT2D eigenvalue weighted by molar-refractivity contribution is 0.665. The fourth-order valence-corrected chi connectivity index (χ4v) is 1.66. The highest BCUT2D eigenvalue weighted by atomic mass is 35.5. The molecule has 0 unspecified atom stereocenters. The van der Waals surface area contributed by atoms with E-state index in [4.69, 9.17) is 11.6 Å². The molecule has 0 radical (unpaired) electrons. The molecule has 1 aromatic heterocycles. The van der Waals surface area contributed by atoms with Gasteiger partial charge in [0.2, 0.25) is 0 Å². The van der Waals surface area contributed by atoms with Crippen LogP contribution in [0, 0.1) is 0 Å². The molecule has 16 heavy (non-hydrogen) atoms. The number of hydrogen-bond donors (Lipinski definition) is 1. The van der Waals surface area contributed by atoms with Gasteiger partial charge in [-0.25, -0.2) is 9.97 Å². The first-order valence-electron chi connectivity index (χ1n) is 5.87. The Hall–Kier alpha value is -0.830. The van der Waals surface area contributed by atoms with Crippen molar-refractivity contribution in [1.82, 2.24) is 9.97 Å². The average molecular weight is 242 g/mol. The summed E-state index contributed by atoms with van der Waals surface area (Å²) in [7, 11) is 0. The lowest BCUT2D eigenvalue weighted by Crippen LogP contribution is -2.18. The van der Waals surface area contributed by atoms with Crippen molar-refractivity contribution < 1.29 is 0 Å². The van der Waals surface area contributed by atoms with Crippen molar-refractivity contribution in [2.45, 2.75) is 52.5 Å². The van der Waals surface area contributed by atoms with Gasteiger partial charge in [0.15, 0.2) is 0 Å².